The second-order valence-electron chi connectivity index (χ2n) is 8.16. The van der Waals surface area contributed by atoms with Crippen LogP contribution >= 0.6 is 0 Å². The van der Waals surface area contributed by atoms with Crippen molar-refractivity contribution in [2.45, 2.75) is 24.8 Å². The Morgan fingerprint density at radius 1 is 1.11 bits per heavy atom. The molecule has 1 aromatic heterocycles. The molecule has 0 aliphatic heterocycles. The zero-order chi connectivity index (χ0) is 25.8. The van der Waals surface area contributed by atoms with Crippen molar-refractivity contribution in [1.82, 2.24) is 9.78 Å². The smallest absolute Gasteiger partial charge is 0.320 e. The Hall–Kier alpha value is -3.57. The Balaban J connectivity index is 2.07. The highest BCUT2D eigenvalue weighted by atomic mass is 32.2. The van der Waals surface area contributed by atoms with Gasteiger partial charge >= 0.3 is 11.5 Å². The molecule has 186 valence electrons. The number of esters is 1. The third-order valence-corrected chi connectivity index (χ3v) is 6.31. The SMILES string of the molecule is CC(C)C(COc1c(-c2ccc(S(C)(=O)=O)cc2)cnn(-c2ccc(F)cc2)c1=O)OC(=O)CN. The Morgan fingerprint density at radius 3 is 2.29 bits per heavy atom. The van der Waals surface area contributed by atoms with Crippen molar-refractivity contribution in [2.75, 3.05) is 19.4 Å². The minimum atomic E-state index is -3.41. The highest BCUT2D eigenvalue weighted by Crippen LogP contribution is 2.28. The number of sulfone groups is 1. The minimum absolute atomic E-state index is 0.0918. The van der Waals surface area contributed by atoms with E-state index in [4.69, 9.17) is 15.2 Å². The lowest BCUT2D eigenvalue weighted by Crippen LogP contribution is -2.34. The molecule has 0 fully saturated rings. The molecule has 3 rings (SSSR count). The Kier molecular flexibility index (Phi) is 8.03. The van der Waals surface area contributed by atoms with E-state index in [1.54, 1.807) is 0 Å². The van der Waals surface area contributed by atoms with Crippen LogP contribution in [0.3, 0.4) is 0 Å². The van der Waals surface area contributed by atoms with Crippen molar-refractivity contribution in [3.8, 4) is 22.6 Å². The van der Waals surface area contributed by atoms with E-state index in [9.17, 15) is 22.4 Å². The molecule has 0 aliphatic carbocycles. The van der Waals surface area contributed by atoms with Crippen LogP contribution in [-0.4, -0.2) is 49.7 Å². The molecular formula is C24H26FN3O6S. The third-order valence-electron chi connectivity index (χ3n) is 5.18. The van der Waals surface area contributed by atoms with E-state index < -0.39 is 33.3 Å². The van der Waals surface area contributed by atoms with Crippen LogP contribution in [0.5, 0.6) is 5.75 Å². The second kappa shape index (κ2) is 10.8. The summed E-state index contributed by atoms with van der Waals surface area (Å²) in [7, 11) is -3.41. The van der Waals surface area contributed by atoms with Gasteiger partial charge in [-0.15, -0.1) is 0 Å². The van der Waals surface area contributed by atoms with Gasteiger partial charge in [-0.05, 0) is 47.9 Å². The van der Waals surface area contributed by atoms with Crippen molar-refractivity contribution in [3.05, 3.63) is 70.9 Å². The number of carbonyl (C=O) groups is 1. The number of hydrogen-bond donors (Lipinski definition) is 1. The van der Waals surface area contributed by atoms with Crippen LogP contribution in [0.2, 0.25) is 0 Å². The first kappa shape index (κ1) is 26.0. The molecule has 0 saturated heterocycles. The van der Waals surface area contributed by atoms with Crippen molar-refractivity contribution >= 4 is 15.8 Å². The van der Waals surface area contributed by atoms with E-state index in [0.29, 0.717) is 16.8 Å². The fourth-order valence-electron chi connectivity index (χ4n) is 3.18. The molecule has 2 aromatic carbocycles. The molecule has 1 atom stereocenters. The zero-order valence-electron chi connectivity index (χ0n) is 19.5. The molecule has 3 aromatic rings. The van der Waals surface area contributed by atoms with E-state index in [0.717, 1.165) is 10.9 Å². The van der Waals surface area contributed by atoms with Gasteiger partial charge in [-0.1, -0.05) is 26.0 Å². The van der Waals surface area contributed by atoms with E-state index in [1.807, 2.05) is 13.8 Å². The number of nitrogens with two attached hydrogens (primary N) is 1. The third kappa shape index (κ3) is 6.31. The maximum absolute atomic E-state index is 13.4. The topological polar surface area (TPSA) is 131 Å². The lowest BCUT2D eigenvalue weighted by Gasteiger charge is -2.22. The first-order valence-corrected chi connectivity index (χ1v) is 12.6. The van der Waals surface area contributed by atoms with Crippen molar-refractivity contribution < 1.29 is 27.1 Å². The van der Waals surface area contributed by atoms with Gasteiger partial charge in [-0.3, -0.25) is 9.59 Å². The number of hydrogen-bond acceptors (Lipinski definition) is 8. The number of ether oxygens (including phenoxy) is 2. The second-order valence-corrected chi connectivity index (χ2v) is 10.2. The first-order chi connectivity index (χ1) is 16.5. The molecule has 0 bridgehead atoms. The lowest BCUT2D eigenvalue weighted by atomic mass is 10.1. The van der Waals surface area contributed by atoms with Gasteiger partial charge in [-0.2, -0.15) is 9.78 Å². The van der Waals surface area contributed by atoms with Gasteiger partial charge in [-0.25, -0.2) is 12.8 Å². The van der Waals surface area contributed by atoms with Gasteiger partial charge in [0.15, 0.2) is 15.6 Å². The fraction of sp³-hybridized carbons (Fsp3) is 0.292. The van der Waals surface area contributed by atoms with Crippen molar-refractivity contribution in [3.63, 3.8) is 0 Å². The van der Waals surface area contributed by atoms with Gasteiger partial charge in [0.1, 0.15) is 18.5 Å². The molecule has 0 spiro atoms. The van der Waals surface area contributed by atoms with Crippen LogP contribution in [0.25, 0.3) is 16.8 Å². The average molecular weight is 504 g/mol. The fourth-order valence-corrected chi connectivity index (χ4v) is 3.81. The summed E-state index contributed by atoms with van der Waals surface area (Å²) in [6, 6.07) is 11.1. The van der Waals surface area contributed by atoms with E-state index in [-0.39, 0.29) is 29.7 Å². The van der Waals surface area contributed by atoms with Crippen LogP contribution in [-0.2, 0) is 19.4 Å². The Bertz CT molecular complexity index is 1350. The molecule has 0 amide bonds. The summed E-state index contributed by atoms with van der Waals surface area (Å²) < 4.78 is 49.3. The summed E-state index contributed by atoms with van der Waals surface area (Å²) in [6.45, 7) is 3.21. The number of rotatable bonds is 9. The molecule has 0 saturated carbocycles. The molecule has 35 heavy (non-hydrogen) atoms. The number of aromatic nitrogens is 2. The number of benzene rings is 2. The van der Waals surface area contributed by atoms with Crippen molar-refractivity contribution in [1.29, 1.82) is 0 Å². The van der Waals surface area contributed by atoms with Gasteiger partial charge in [0.05, 0.1) is 23.3 Å². The molecular weight excluding hydrogens is 477 g/mol. The normalized spacial score (nSPS) is 12.4. The summed E-state index contributed by atoms with van der Waals surface area (Å²) in [6.07, 6.45) is 1.81. The van der Waals surface area contributed by atoms with Crippen LogP contribution in [0.15, 0.2) is 64.4 Å². The van der Waals surface area contributed by atoms with Gasteiger partial charge in [0.25, 0.3) is 0 Å². The van der Waals surface area contributed by atoms with Gasteiger partial charge < -0.3 is 15.2 Å². The maximum atomic E-state index is 13.4. The summed E-state index contributed by atoms with van der Waals surface area (Å²) in [4.78, 5) is 25.2. The Labute approximate surface area is 202 Å². The first-order valence-electron chi connectivity index (χ1n) is 10.7. The molecule has 1 heterocycles. The van der Waals surface area contributed by atoms with E-state index >= 15 is 0 Å². The predicted octanol–water partition coefficient (Wildman–Crippen LogP) is 2.35. The maximum Gasteiger partial charge on any atom is 0.320 e. The van der Waals surface area contributed by atoms with Crippen molar-refractivity contribution in [2.24, 2.45) is 11.7 Å². The molecule has 0 aliphatic rings. The number of carbonyl (C=O) groups excluding carboxylic acids is 1. The monoisotopic (exact) mass is 503 g/mol. The van der Waals surface area contributed by atoms with Crippen LogP contribution in [0, 0.1) is 11.7 Å². The standard InChI is InChI=1S/C24H26FN3O6S/c1-15(2)21(34-22(29)12-26)14-33-23-20(16-4-10-19(11-5-16)35(3,31)32)13-27-28(24(23)30)18-8-6-17(25)7-9-18/h4-11,13,15,21H,12,14,26H2,1-3H3. The molecule has 1 unspecified atom stereocenters. The average Bonchev–Trinajstić information content (AvgIpc) is 2.82. The molecule has 0 radical (unpaired) electrons. The largest absolute Gasteiger partial charge is 0.483 e. The van der Waals surface area contributed by atoms with E-state index in [2.05, 4.69) is 5.10 Å². The summed E-state index contributed by atoms with van der Waals surface area (Å²) in [5, 5.41) is 4.19. The quantitative estimate of drug-likeness (QED) is 0.441. The molecule has 9 nitrogen and oxygen atoms in total. The van der Waals surface area contributed by atoms with Crippen LogP contribution in [0.4, 0.5) is 4.39 Å². The number of halogens is 1. The van der Waals surface area contributed by atoms with E-state index in [1.165, 1.54) is 54.7 Å². The summed E-state index contributed by atoms with van der Waals surface area (Å²) in [5.74, 6) is -1.31. The Morgan fingerprint density at radius 2 is 1.74 bits per heavy atom. The lowest BCUT2D eigenvalue weighted by molar-refractivity contribution is -0.151. The highest BCUT2D eigenvalue weighted by molar-refractivity contribution is 7.90. The minimum Gasteiger partial charge on any atom is -0.483 e. The van der Waals surface area contributed by atoms with Gasteiger partial charge in [0.2, 0.25) is 0 Å². The van der Waals surface area contributed by atoms with Crippen LogP contribution < -0.4 is 16.0 Å². The summed E-state index contributed by atoms with van der Waals surface area (Å²) >= 11 is 0. The van der Waals surface area contributed by atoms with Crippen LogP contribution in [0.1, 0.15) is 13.8 Å². The predicted molar refractivity (Wildman–Crippen MR) is 128 cm³/mol. The summed E-state index contributed by atoms with van der Waals surface area (Å²) in [5.41, 5.74) is 5.82. The van der Waals surface area contributed by atoms with Gasteiger partial charge in [0, 0.05) is 11.8 Å². The molecule has 11 heteroatoms. The molecule has 2 N–H and O–H groups in total. The highest BCUT2D eigenvalue weighted by Gasteiger charge is 2.22. The zero-order valence-corrected chi connectivity index (χ0v) is 20.3. The number of nitrogens with zero attached hydrogens (tertiary/aromatic N) is 2.